The highest BCUT2D eigenvalue weighted by Crippen LogP contribution is 2.31. The molecule has 2 nitrogen and oxygen atoms in total. The van der Waals surface area contributed by atoms with E-state index in [4.69, 9.17) is 0 Å². The Labute approximate surface area is 166 Å². The average Bonchev–Trinajstić information content (AvgIpc) is 2.66. The van der Waals surface area contributed by atoms with Crippen molar-refractivity contribution in [3.8, 4) is 0 Å². The maximum Gasteiger partial charge on any atom is 0.224 e. The molecule has 3 heteroatoms. The fourth-order valence-electron chi connectivity index (χ4n) is 3.04. The number of amides is 1. The van der Waals surface area contributed by atoms with E-state index in [9.17, 15) is 4.79 Å². The Balaban J connectivity index is 1.58. The zero-order valence-electron chi connectivity index (χ0n) is 16.0. The lowest BCUT2D eigenvalue weighted by molar-refractivity contribution is -0.116. The monoisotopic (exact) mass is 375 g/mol. The molecule has 0 spiro atoms. The van der Waals surface area contributed by atoms with Gasteiger partial charge < -0.3 is 5.32 Å². The Morgan fingerprint density at radius 3 is 2.33 bits per heavy atom. The molecule has 0 aliphatic carbocycles. The van der Waals surface area contributed by atoms with Crippen molar-refractivity contribution in [2.75, 3.05) is 5.32 Å². The first kappa shape index (κ1) is 19.2. The summed E-state index contributed by atoms with van der Waals surface area (Å²) in [4.78, 5) is 14.8. The third-order valence-corrected chi connectivity index (χ3v) is 5.74. The standard InChI is InChI=1S/C24H25NOS/c1-17-9-14-23(19(3)15-17)27-22-12-10-21(11-13-22)25-24(26)16-18(2)20-7-5-4-6-8-20/h4-15,18H,16H2,1-3H3,(H,25,26)/t18-/m1/s1. The van der Waals surface area contributed by atoms with Crippen LogP contribution in [0.25, 0.3) is 0 Å². The summed E-state index contributed by atoms with van der Waals surface area (Å²) < 4.78 is 0. The van der Waals surface area contributed by atoms with E-state index in [1.165, 1.54) is 21.6 Å². The normalized spacial score (nSPS) is 11.8. The van der Waals surface area contributed by atoms with Crippen LogP contribution in [0, 0.1) is 13.8 Å². The van der Waals surface area contributed by atoms with Crippen LogP contribution in [0.15, 0.2) is 82.6 Å². The van der Waals surface area contributed by atoms with E-state index in [-0.39, 0.29) is 11.8 Å². The van der Waals surface area contributed by atoms with Crippen LogP contribution in [0.5, 0.6) is 0 Å². The molecule has 1 atom stereocenters. The zero-order chi connectivity index (χ0) is 19.2. The summed E-state index contributed by atoms with van der Waals surface area (Å²) in [7, 11) is 0. The van der Waals surface area contributed by atoms with Crippen LogP contribution in [0.4, 0.5) is 5.69 Å². The Kier molecular flexibility index (Phi) is 6.36. The van der Waals surface area contributed by atoms with E-state index < -0.39 is 0 Å². The smallest absolute Gasteiger partial charge is 0.224 e. The van der Waals surface area contributed by atoms with Gasteiger partial charge in [-0.1, -0.05) is 66.7 Å². The van der Waals surface area contributed by atoms with Crippen LogP contribution in [-0.2, 0) is 4.79 Å². The zero-order valence-corrected chi connectivity index (χ0v) is 16.8. The van der Waals surface area contributed by atoms with Crippen molar-refractivity contribution in [2.45, 2.75) is 42.9 Å². The van der Waals surface area contributed by atoms with Gasteiger partial charge in [0.1, 0.15) is 0 Å². The first-order valence-corrected chi connectivity index (χ1v) is 10.0. The van der Waals surface area contributed by atoms with Crippen molar-refractivity contribution >= 4 is 23.4 Å². The highest BCUT2D eigenvalue weighted by molar-refractivity contribution is 7.99. The minimum Gasteiger partial charge on any atom is -0.326 e. The van der Waals surface area contributed by atoms with E-state index in [0.29, 0.717) is 6.42 Å². The summed E-state index contributed by atoms with van der Waals surface area (Å²) in [5.74, 6) is 0.242. The average molecular weight is 376 g/mol. The molecule has 3 aromatic carbocycles. The molecule has 1 N–H and O–H groups in total. The Hall–Kier alpha value is -2.52. The quantitative estimate of drug-likeness (QED) is 0.527. The second-order valence-electron chi connectivity index (χ2n) is 6.96. The molecule has 138 valence electrons. The lowest BCUT2D eigenvalue weighted by Crippen LogP contribution is -2.14. The molecule has 0 unspecified atom stereocenters. The Bertz CT molecular complexity index is 903. The van der Waals surface area contributed by atoms with Crippen molar-refractivity contribution in [1.29, 1.82) is 0 Å². The van der Waals surface area contributed by atoms with Gasteiger partial charge in [0, 0.05) is 21.9 Å². The van der Waals surface area contributed by atoms with E-state index >= 15 is 0 Å². The first-order valence-electron chi connectivity index (χ1n) is 9.21. The molecule has 0 aliphatic heterocycles. The molecule has 0 bridgehead atoms. The van der Waals surface area contributed by atoms with Crippen molar-refractivity contribution in [3.05, 3.63) is 89.5 Å². The minimum absolute atomic E-state index is 0.0427. The second kappa shape index (κ2) is 8.92. The van der Waals surface area contributed by atoms with Gasteiger partial charge in [-0.05, 0) is 61.2 Å². The number of nitrogens with one attached hydrogen (secondary N) is 1. The van der Waals surface area contributed by atoms with Crippen molar-refractivity contribution in [2.24, 2.45) is 0 Å². The van der Waals surface area contributed by atoms with Gasteiger partial charge in [-0.15, -0.1) is 0 Å². The Morgan fingerprint density at radius 1 is 0.963 bits per heavy atom. The van der Waals surface area contributed by atoms with Crippen LogP contribution < -0.4 is 5.32 Å². The molecule has 27 heavy (non-hydrogen) atoms. The summed E-state index contributed by atoms with van der Waals surface area (Å²) in [5.41, 5.74) is 4.59. The molecule has 0 saturated carbocycles. The van der Waals surface area contributed by atoms with Crippen LogP contribution >= 0.6 is 11.8 Å². The molecule has 3 rings (SSSR count). The van der Waals surface area contributed by atoms with Gasteiger partial charge >= 0.3 is 0 Å². The van der Waals surface area contributed by atoms with Crippen LogP contribution in [-0.4, -0.2) is 5.91 Å². The van der Waals surface area contributed by atoms with Gasteiger partial charge in [0.2, 0.25) is 5.91 Å². The fourth-order valence-corrected chi connectivity index (χ4v) is 3.92. The van der Waals surface area contributed by atoms with Gasteiger partial charge in [-0.3, -0.25) is 4.79 Å². The Morgan fingerprint density at radius 2 is 1.67 bits per heavy atom. The lowest BCUT2D eigenvalue weighted by Gasteiger charge is -2.12. The molecule has 0 fully saturated rings. The molecular formula is C24H25NOS. The van der Waals surface area contributed by atoms with E-state index in [1.54, 1.807) is 11.8 Å². The van der Waals surface area contributed by atoms with Gasteiger partial charge in [0.15, 0.2) is 0 Å². The third kappa shape index (κ3) is 5.48. The van der Waals surface area contributed by atoms with Crippen molar-refractivity contribution in [1.82, 2.24) is 0 Å². The lowest BCUT2D eigenvalue weighted by atomic mass is 9.97. The summed E-state index contributed by atoms with van der Waals surface area (Å²) in [6.07, 6.45) is 0.475. The van der Waals surface area contributed by atoms with Crippen molar-refractivity contribution in [3.63, 3.8) is 0 Å². The summed E-state index contributed by atoms with van der Waals surface area (Å²) in [6.45, 7) is 6.33. The van der Waals surface area contributed by atoms with Gasteiger partial charge in [0.25, 0.3) is 0 Å². The third-order valence-electron chi connectivity index (χ3n) is 4.56. The molecule has 0 saturated heterocycles. The number of rotatable bonds is 6. The van der Waals surface area contributed by atoms with E-state index in [2.05, 4.69) is 68.6 Å². The van der Waals surface area contributed by atoms with Gasteiger partial charge in [-0.25, -0.2) is 0 Å². The fraction of sp³-hybridized carbons (Fsp3) is 0.208. The summed E-state index contributed by atoms with van der Waals surface area (Å²) >= 11 is 1.75. The molecule has 0 radical (unpaired) electrons. The largest absolute Gasteiger partial charge is 0.326 e. The first-order chi connectivity index (χ1) is 13.0. The number of benzene rings is 3. The topological polar surface area (TPSA) is 29.1 Å². The predicted octanol–water partition coefficient (Wildman–Crippen LogP) is 6.59. The van der Waals surface area contributed by atoms with Crippen LogP contribution in [0.2, 0.25) is 0 Å². The van der Waals surface area contributed by atoms with Gasteiger partial charge in [-0.2, -0.15) is 0 Å². The number of hydrogen-bond donors (Lipinski definition) is 1. The summed E-state index contributed by atoms with van der Waals surface area (Å²) in [5, 5.41) is 3.00. The van der Waals surface area contributed by atoms with Crippen molar-refractivity contribution < 1.29 is 4.79 Å². The molecule has 0 aromatic heterocycles. The number of carbonyl (C=O) groups excluding carboxylic acids is 1. The highest BCUT2D eigenvalue weighted by atomic mass is 32.2. The number of carbonyl (C=O) groups is 1. The molecule has 1 amide bonds. The SMILES string of the molecule is Cc1ccc(Sc2ccc(NC(=O)C[C@@H](C)c3ccccc3)cc2)c(C)c1. The van der Waals surface area contributed by atoms with Crippen LogP contribution in [0.3, 0.4) is 0 Å². The maximum absolute atomic E-state index is 12.3. The second-order valence-corrected chi connectivity index (χ2v) is 8.07. The number of anilines is 1. The summed E-state index contributed by atoms with van der Waals surface area (Å²) in [6, 6.07) is 24.7. The molecular weight excluding hydrogens is 350 g/mol. The molecule has 0 aliphatic rings. The number of hydrogen-bond acceptors (Lipinski definition) is 2. The maximum atomic E-state index is 12.3. The highest BCUT2D eigenvalue weighted by Gasteiger charge is 2.11. The van der Waals surface area contributed by atoms with E-state index in [1.807, 2.05) is 30.3 Å². The molecule has 0 heterocycles. The minimum atomic E-state index is 0.0427. The van der Waals surface area contributed by atoms with Gasteiger partial charge in [0.05, 0.1) is 0 Å². The predicted molar refractivity (Wildman–Crippen MR) is 115 cm³/mol. The number of aryl methyl sites for hydroxylation is 2. The van der Waals surface area contributed by atoms with Crippen LogP contribution in [0.1, 0.15) is 36.0 Å². The van der Waals surface area contributed by atoms with E-state index in [0.717, 1.165) is 10.6 Å². The molecule has 3 aromatic rings.